The van der Waals surface area contributed by atoms with E-state index in [1.54, 1.807) is 6.07 Å². The zero-order valence-corrected chi connectivity index (χ0v) is 11.6. The fourth-order valence-corrected chi connectivity index (χ4v) is 1.79. The Balaban J connectivity index is 2.52. The van der Waals surface area contributed by atoms with E-state index in [1.807, 2.05) is 31.0 Å². The average molecular weight is 270 g/mol. The van der Waals surface area contributed by atoms with Gasteiger partial charge in [0.15, 0.2) is 0 Å². The van der Waals surface area contributed by atoms with Gasteiger partial charge >= 0.3 is 0 Å². The third kappa shape index (κ3) is 4.64. The van der Waals surface area contributed by atoms with Gasteiger partial charge in [0, 0.05) is 10.7 Å². The normalized spacial score (nSPS) is 10.7. The van der Waals surface area contributed by atoms with E-state index in [9.17, 15) is 4.79 Å². The van der Waals surface area contributed by atoms with Gasteiger partial charge in [0.1, 0.15) is 0 Å². The molecule has 1 aromatic rings. The largest absolute Gasteiger partial charge is 0.330 e. The molecule has 0 aromatic heterocycles. The molecule has 0 spiro atoms. The third-order valence-corrected chi connectivity index (χ3v) is 3.11. The van der Waals surface area contributed by atoms with Gasteiger partial charge in [-0.15, -0.1) is 0 Å². The monoisotopic (exact) mass is 269 g/mol. The number of carbonyl (C=O) groups excluding carboxylic acids is 1. The van der Waals surface area contributed by atoms with Crippen LogP contribution in [0.15, 0.2) is 18.2 Å². The first kappa shape index (κ1) is 15.0. The second-order valence-corrected chi connectivity index (χ2v) is 4.75. The number of hydrogen-bond acceptors (Lipinski definition) is 3. The molecule has 18 heavy (non-hydrogen) atoms. The van der Waals surface area contributed by atoms with E-state index in [4.69, 9.17) is 17.3 Å². The molecule has 0 heterocycles. The Morgan fingerprint density at radius 2 is 2.22 bits per heavy atom. The van der Waals surface area contributed by atoms with Crippen LogP contribution >= 0.6 is 11.6 Å². The van der Waals surface area contributed by atoms with Crippen molar-refractivity contribution in [3.8, 4) is 0 Å². The van der Waals surface area contributed by atoms with Crippen molar-refractivity contribution >= 4 is 23.2 Å². The number of nitrogens with zero attached hydrogens (tertiary/aromatic N) is 1. The van der Waals surface area contributed by atoms with Crippen molar-refractivity contribution < 1.29 is 4.79 Å². The summed E-state index contributed by atoms with van der Waals surface area (Å²) in [5.74, 6) is -0.0418. The van der Waals surface area contributed by atoms with Gasteiger partial charge in [-0.3, -0.25) is 9.69 Å². The molecule has 0 saturated heterocycles. The van der Waals surface area contributed by atoms with E-state index >= 15 is 0 Å². The number of halogens is 1. The number of benzene rings is 1. The number of carbonyl (C=O) groups is 1. The van der Waals surface area contributed by atoms with E-state index < -0.39 is 0 Å². The molecule has 0 aliphatic heterocycles. The van der Waals surface area contributed by atoms with Crippen LogP contribution in [0.25, 0.3) is 0 Å². The van der Waals surface area contributed by atoms with Crippen molar-refractivity contribution in [3.63, 3.8) is 0 Å². The summed E-state index contributed by atoms with van der Waals surface area (Å²) in [6.45, 7) is 3.69. The molecule has 100 valence electrons. The molecule has 1 amide bonds. The molecule has 1 rings (SSSR count). The van der Waals surface area contributed by atoms with Crippen molar-refractivity contribution in [2.75, 3.05) is 32.0 Å². The standard InChI is InChI=1S/C13H20ClN3O/c1-10-11(14)5-3-6-12(10)16-13(18)9-17(2)8-4-7-15/h3,5-6H,4,7-9,15H2,1-2H3,(H,16,18). The van der Waals surface area contributed by atoms with E-state index in [0.717, 1.165) is 24.2 Å². The molecule has 5 heteroatoms. The smallest absolute Gasteiger partial charge is 0.238 e. The molecule has 0 radical (unpaired) electrons. The third-order valence-electron chi connectivity index (χ3n) is 2.70. The summed E-state index contributed by atoms with van der Waals surface area (Å²) in [5, 5.41) is 3.52. The second-order valence-electron chi connectivity index (χ2n) is 4.34. The average Bonchev–Trinajstić information content (AvgIpc) is 2.32. The minimum Gasteiger partial charge on any atom is -0.330 e. The van der Waals surface area contributed by atoms with Crippen LogP contribution in [-0.4, -0.2) is 37.5 Å². The fourth-order valence-electron chi connectivity index (χ4n) is 1.62. The number of hydrogen-bond donors (Lipinski definition) is 2. The lowest BCUT2D eigenvalue weighted by Crippen LogP contribution is -2.31. The predicted molar refractivity (Wildman–Crippen MR) is 76.0 cm³/mol. The highest BCUT2D eigenvalue weighted by atomic mass is 35.5. The van der Waals surface area contributed by atoms with Crippen LogP contribution in [0, 0.1) is 6.92 Å². The molecule has 0 fully saturated rings. The van der Waals surface area contributed by atoms with Crippen LogP contribution in [0.1, 0.15) is 12.0 Å². The summed E-state index contributed by atoms with van der Waals surface area (Å²) in [7, 11) is 1.90. The summed E-state index contributed by atoms with van der Waals surface area (Å²) in [5.41, 5.74) is 7.08. The maximum atomic E-state index is 11.8. The summed E-state index contributed by atoms with van der Waals surface area (Å²) in [6.07, 6.45) is 0.889. The molecular formula is C13H20ClN3O. The Labute approximate surface area is 113 Å². The first-order valence-corrected chi connectivity index (χ1v) is 6.36. The molecule has 3 N–H and O–H groups in total. The molecule has 0 saturated carbocycles. The van der Waals surface area contributed by atoms with E-state index in [2.05, 4.69) is 5.32 Å². The van der Waals surface area contributed by atoms with Gasteiger partial charge in [0.25, 0.3) is 0 Å². The van der Waals surface area contributed by atoms with Gasteiger partial charge in [-0.25, -0.2) is 0 Å². The first-order chi connectivity index (χ1) is 8.54. The molecule has 0 bridgehead atoms. The van der Waals surface area contributed by atoms with Crippen LogP contribution in [0.2, 0.25) is 5.02 Å². The van der Waals surface area contributed by atoms with Crippen LogP contribution in [-0.2, 0) is 4.79 Å². The highest BCUT2D eigenvalue weighted by Crippen LogP contribution is 2.22. The highest BCUT2D eigenvalue weighted by molar-refractivity contribution is 6.31. The van der Waals surface area contributed by atoms with Gasteiger partial charge in [0.05, 0.1) is 6.54 Å². The molecule has 0 aliphatic carbocycles. The van der Waals surface area contributed by atoms with Crippen LogP contribution in [0.5, 0.6) is 0 Å². The van der Waals surface area contributed by atoms with Crippen molar-refractivity contribution in [2.45, 2.75) is 13.3 Å². The van der Waals surface area contributed by atoms with Crippen molar-refractivity contribution in [3.05, 3.63) is 28.8 Å². The van der Waals surface area contributed by atoms with Gasteiger partial charge in [0.2, 0.25) is 5.91 Å². The lowest BCUT2D eigenvalue weighted by molar-refractivity contribution is -0.117. The highest BCUT2D eigenvalue weighted by Gasteiger charge is 2.08. The van der Waals surface area contributed by atoms with Crippen LogP contribution in [0.4, 0.5) is 5.69 Å². The Morgan fingerprint density at radius 3 is 2.89 bits per heavy atom. The molecular weight excluding hydrogens is 250 g/mol. The number of amides is 1. The summed E-state index contributed by atoms with van der Waals surface area (Å²) >= 11 is 6.00. The maximum absolute atomic E-state index is 11.8. The van der Waals surface area contributed by atoms with Crippen LogP contribution < -0.4 is 11.1 Å². The zero-order valence-electron chi connectivity index (χ0n) is 10.9. The van der Waals surface area contributed by atoms with E-state index in [-0.39, 0.29) is 5.91 Å². The number of nitrogens with two attached hydrogens (primary N) is 1. The topological polar surface area (TPSA) is 58.4 Å². The maximum Gasteiger partial charge on any atom is 0.238 e. The summed E-state index contributed by atoms with van der Waals surface area (Å²) in [4.78, 5) is 13.8. The number of anilines is 1. The first-order valence-electron chi connectivity index (χ1n) is 5.98. The molecule has 0 unspecified atom stereocenters. The lowest BCUT2D eigenvalue weighted by atomic mass is 10.2. The van der Waals surface area contributed by atoms with Crippen LogP contribution in [0.3, 0.4) is 0 Å². The molecule has 0 atom stereocenters. The van der Waals surface area contributed by atoms with E-state index in [1.165, 1.54) is 0 Å². The minimum absolute atomic E-state index is 0.0418. The van der Waals surface area contributed by atoms with Gasteiger partial charge in [-0.2, -0.15) is 0 Å². The quantitative estimate of drug-likeness (QED) is 0.829. The minimum atomic E-state index is -0.0418. The van der Waals surface area contributed by atoms with Crippen molar-refractivity contribution in [1.82, 2.24) is 4.90 Å². The fraction of sp³-hybridized carbons (Fsp3) is 0.462. The van der Waals surface area contributed by atoms with E-state index in [0.29, 0.717) is 18.1 Å². The lowest BCUT2D eigenvalue weighted by Gasteiger charge is -2.16. The van der Waals surface area contributed by atoms with Crippen molar-refractivity contribution in [1.29, 1.82) is 0 Å². The summed E-state index contributed by atoms with van der Waals surface area (Å²) in [6, 6.07) is 5.47. The number of rotatable bonds is 6. The number of nitrogens with one attached hydrogen (secondary N) is 1. The Bertz CT molecular complexity index is 409. The van der Waals surface area contributed by atoms with Gasteiger partial charge < -0.3 is 11.1 Å². The number of likely N-dealkylation sites (N-methyl/N-ethyl adjacent to an activating group) is 1. The second kappa shape index (κ2) is 7.36. The van der Waals surface area contributed by atoms with Gasteiger partial charge in [-0.1, -0.05) is 17.7 Å². The SMILES string of the molecule is Cc1c(Cl)cccc1NC(=O)CN(C)CCCN. The molecule has 1 aromatic carbocycles. The summed E-state index contributed by atoms with van der Waals surface area (Å²) < 4.78 is 0. The Morgan fingerprint density at radius 1 is 1.50 bits per heavy atom. The molecule has 4 nitrogen and oxygen atoms in total. The van der Waals surface area contributed by atoms with Gasteiger partial charge in [-0.05, 0) is 51.2 Å². The predicted octanol–water partition coefficient (Wildman–Crippen LogP) is 1.87. The zero-order chi connectivity index (χ0) is 13.5. The Hall–Kier alpha value is -1.10. The molecule has 0 aliphatic rings. The van der Waals surface area contributed by atoms with Crippen molar-refractivity contribution in [2.24, 2.45) is 5.73 Å². The Kier molecular flexibility index (Phi) is 6.12.